The molecule has 232 valence electrons. The zero-order valence-electron chi connectivity index (χ0n) is 25.7. The van der Waals surface area contributed by atoms with Gasteiger partial charge >= 0.3 is 0 Å². The van der Waals surface area contributed by atoms with Gasteiger partial charge in [0.25, 0.3) is 11.8 Å². The Morgan fingerprint density at radius 3 is 2.04 bits per heavy atom. The van der Waals surface area contributed by atoms with Gasteiger partial charge in [-0.05, 0) is 73.9 Å². The van der Waals surface area contributed by atoms with E-state index in [-0.39, 0.29) is 29.5 Å². The molecule has 1 heterocycles. The summed E-state index contributed by atoms with van der Waals surface area (Å²) in [7, 11) is 0. The molecule has 1 saturated carbocycles. The first kappa shape index (κ1) is 30.5. The largest absolute Gasteiger partial charge is 0.351 e. The Bertz CT molecular complexity index is 1780. The van der Waals surface area contributed by atoms with Crippen LogP contribution in [0.3, 0.4) is 0 Å². The number of carbonyl (C=O) groups excluding carboxylic acids is 3. The number of nitrogens with zero attached hydrogens (tertiary/aromatic N) is 4. The van der Waals surface area contributed by atoms with E-state index in [0.717, 1.165) is 31.2 Å². The maximum absolute atomic E-state index is 14.4. The molecule has 1 aliphatic rings. The summed E-state index contributed by atoms with van der Waals surface area (Å²) < 4.78 is 1.56. The molecule has 0 aliphatic heterocycles. The van der Waals surface area contributed by atoms with Gasteiger partial charge in [0.1, 0.15) is 6.04 Å². The van der Waals surface area contributed by atoms with Gasteiger partial charge in [-0.2, -0.15) is 0 Å². The highest BCUT2D eigenvalue weighted by Crippen LogP contribution is 2.31. The predicted molar refractivity (Wildman–Crippen MR) is 178 cm³/mol. The third-order valence-corrected chi connectivity index (χ3v) is 8.33. The highest BCUT2D eigenvalue weighted by Gasteiger charge is 2.34. The number of anilines is 2. The minimum Gasteiger partial charge on any atom is -0.351 e. The zero-order valence-corrected chi connectivity index (χ0v) is 25.7. The van der Waals surface area contributed by atoms with Crippen LogP contribution in [0.4, 0.5) is 11.4 Å². The Labute approximate surface area is 268 Å². The monoisotopic (exact) mass is 612 g/mol. The third kappa shape index (κ3) is 6.73. The molecule has 1 aromatic heterocycles. The van der Waals surface area contributed by atoms with E-state index in [9.17, 15) is 14.4 Å². The van der Waals surface area contributed by atoms with Gasteiger partial charge < -0.3 is 10.6 Å². The maximum atomic E-state index is 14.4. The molecule has 2 N–H and O–H groups in total. The first-order valence-electron chi connectivity index (χ1n) is 15.6. The summed E-state index contributed by atoms with van der Waals surface area (Å²) in [6.07, 6.45) is 5.21. The van der Waals surface area contributed by atoms with E-state index in [0.29, 0.717) is 28.3 Å². The topological polar surface area (TPSA) is 109 Å². The lowest BCUT2D eigenvalue weighted by molar-refractivity contribution is -0.123. The summed E-state index contributed by atoms with van der Waals surface area (Å²) in [5, 5.41) is 14.4. The summed E-state index contributed by atoms with van der Waals surface area (Å²) in [5.41, 5.74) is 3.80. The minimum absolute atomic E-state index is 0.0880. The molecule has 1 unspecified atom stereocenters. The van der Waals surface area contributed by atoms with Crippen LogP contribution in [0.5, 0.6) is 0 Å². The number of benzene rings is 4. The maximum Gasteiger partial charge on any atom is 0.278 e. The summed E-state index contributed by atoms with van der Waals surface area (Å²) in [5.74, 6) is -0.881. The highest BCUT2D eigenvalue weighted by atomic mass is 16.2. The van der Waals surface area contributed by atoms with E-state index >= 15 is 0 Å². The van der Waals surface area contributed by atoms with Crippen molar-refractivity contribution in [2.45, 2.75) is 51.1 Å². The molecule has 4 aromatic carbocycles. The Hall–Kier alpha value is -5.57. The van der Waals surface area contributed by atoms with Crippen LogP contribution in [0.1, 0.15) is 70.2 Å². The first-order valence-corrected chi connectivity index (χ1v) is 15.6. The van der Waals surface area contributed by atoms with Gasteiger partial charge in [-0.1, -0.05) is 91.2 Å². The van der Waals surface area contributed by atoms with Crippen molar-refractivity contribution in [1.82, 2.24) is 20.3 Å². The smallest absolute Gasteiger partial charge is 0.278 e. The average molecular weight is 613 g/mol. The van der Waals surface area contributed by atoms with E-state index in [1.54, 1.807) is 52.9 Å². The number of hydrogen-bond donors (Lipinski definition) is 2. The van der Waals surface area contributed by atoms with Crippen molar-refractivity contribution in [2.24, 2.45) is 0 Å². The fourth-order valence-corrected chi connectivity index (χ4v) is 5.93. The van der Waals surface area contributed by atoms with Crippen molar-refractivity contribution in [3.63, 3.8) is 0 Å². The van der Waals surface area contributed by atoms with Crippen molar-refractivity contribution >= 4 is 29.1 Å². The molecule has 1 fully saturated rings. The van der Waals surface area contributed by atoms with E-state index in [2.05, 4.69) is 20.9 Å². The van der Waals surface area contributed by atoms with E-state index < -0.39 is 6.04 Å². The summed E-state index contributed by atoms with van der Waals surface area (Å²) in [4.78, 5) is 42.9. The fourth-order valence-electron chi connectivity index (χ4n) is 5.93. The number of carbonyl (C=O) groups is 3. The molecule has 46 heavy (non-hydrogen) atoms. The number of rotatable bonds is 9. The summed E-state index contributed by atoms with van der Waals surface area (Å²) in [6, 6.07) is 34.0. The first-order chi connectivity index (χ1) is 22.5. The number of para-hydroxylation sites is 2. The summed E-state index contributed by atoms with van der Waals surface area (Å²) >= 11 is 0. The Morgan fingerprint density at radius 1 is 0.783 bits per heavy atom. The van der Waals surface area contributed by atoms with Gasteiger partial charge in [0.05, 0.1) is 11.4 Å². The van der Waals surface area contributed by atoms with Gasteiger partial charge in [0.15, 0.2) is 5.69 Å². The van der Waals surface area contributed by atoms with Gasteiger partial charge in [-0.3, -0.25) is 19.3 Å². The van der Waals surface area contributed by atoms with Crippen molar-refractivity contribution in [3.8, 4) is 5.69 Å². The molecule has 0 bridgehead atoms. The van der Waals surface area contributed by atoms with E-state index in [4.69, 9.17) is 0 Å². The average Bonchev–Trinajstić information content (AvgIpc) is 3.49. The van der Waals surface area contributed by atoms with Crippen molar-refractivity contribution in [1.29, 1.82) is 0 Å². The molecule has 1 aliphatic carbocycles. The number of amides is 3. The second-order valence-corrected chi connectivity index (χ2v) is 11.5. The number of aromatic nitrogens is 3. The molecule has 1 atom stereocenters. The van der Waals surface area contributed by atoms with Crippen LogP contribution in [0, 0.1) is 6.92 Å². The van der Waals surface area contributed by atoms with Gasteiger partial charge in [-0.25, -0.2) is 4.68 Å². The van der Waals surface area contributed by atoms with Gasteiger partial charge in [0, 0.05) is 23.0 Å². The second-order valence-electron chi connectivity index (χ2n) is 11.5. The molecule has 3 amide bonds. The van der Waals surface area contributed by atoms with Gasteiger partial charge in [0.2, 0.25) is 5.91 Å². The molecule has 9 nitrogen and oxygen atoms in total. The van der Waals surface area contributed by atoms with Crippen LogP contribution in [0.2, 0.25) is 0 Å². The van der Waals surface area contributed by atoms with Crippen LogP contribution in [0.25, 0.3) is 5.69 Å². The van der Waals surface area contributed by atoms with Crippen LogP contribution in [-0.2, 0) is 4.79 Å². The number of nitrogens with one attached hydrogen (secondary N) is 2. The Kier molecular flexibility index (Phi) is 9.29. The molecule has 9 heteroatoms. The summed E-state index contributed by atoms with van der Waals surface area (Å²) in [6.45, 7) is 1.77. The molecule has 6 rings (SSSR count). The lowest BCUT2D eigenvalue weighted by Gasteiger charge is -2.33. The molecule has 0 radical (unpaired) electrons. The molecule has 0 spiro atoms. The van der Waals surface area contributed by atoms with Crippen LogP contribution >= 0.6 is 0 Å². The molecule has 5 aromatic rings. The fraction of sp³-hybridized carbons (Fsp3) is 0.216. The lowest BCUT2D eigenvalue weighted by Crippen LogP contribution is -2.47. The van der Waals surface area contributed by atoms with E-state index in [1.807, 2.05) is 78.9 Å². The molecule has 0 saturated heterocycles. The standard InChI is InChI=1S/C37H36N6O3/c1-26-33(35(44)38-29-16-8-3-9-17-29)40-41-43(26)32-24-22-28(23-25-32)37(46)42(31-20-12-5-13-21-31)34(27-14-6-2-7-15-27)36(45)39-30-18-10-4-11-19-30/h2-3,5-9,12-17,20-25,30,34H,4,10-11,18-19H2,1H3,(H,38,44)(H,39,45). The van der Waals surface area contributed by atoms with Crippen molar-refractivity contribution < 1.29 is 14.4 Å². The lowest BCUT2D eigenvalue weighted by atomic mass is 9.94. The Morgan fingerprint density at radius 2 is 1.39 bits per heavy atom. The SMILES string of the molecule is Cc1c(C(=O)Nc2ccccc2)nnn1-c1ccc(C(=O)N(c2ccccc2)C(C(=O)NC2CCCCC2)c2ccccc2)cc1. The van der Waals surface area contributed by atoms with Crippen molar-refractivity contribution in [2.75, 3.05) is 10.2 Å². The van der Waals surface area contributed by atoms with Crippen LogP contribution < -0.4 is 15.5 Å². The zero-order chi connectivity index (χ0) is 31.9. The van der Waals surface area contributed by atoms with Crippen LogP contribution in [0.15, 0.2) is 115 Å². The second kappa shape index (κ2) is 14.0. The van der Waals surface area contributed by atoms with Gasteiger partial charge in [-0.15, -0.1) is 5.10 Å². The Balaban J connectivity index is 1.30. The third-order valence-electron chi connectivity index (χ3n) is 8.33. The van der Waals surface area contributed by atoms with E-state index in [1.165, 1.54) is 6.42 Å². The molecular formula is C37H36N6O3. The number of hydrogen-bond acceptors (Lipinski definition) is 5. The minimum atomic E-state index is -0.874. The quantitative estimate of drug-likeness (QED) is 0.193. The normalized spacial score (nSPS) is 13.8. The molecular weight excluding hydrogens is 576 g/mol. The predicted octanol–water partition coefficient (Wildman–Crippen LogP) is 6.67. The van der Waals surface area contributed by atoms with Crippen molar-refractivity contribution in [3.05, 3.63) is 138 Å². The highest BCUT2D eigenvalue weighted by molar-refractivity contribution is 6.10. The van der Waals surface area contributed by atoms with Crippen LogP contribution in [-0.4, -0.2) is 38.8 Å².